The first-order valence-electron chi connectivity index (χ1n) is 6.57. The Morgan fingerprint density at radius 3 is 2.60 bits per heavy atom. The molecule has 1 aromatic carbocycles. The van der Waals surface area contributed by atoms with Crippen molar-refractivity contribution in [2.45, 2.75) is 33.3 Å². The Hall–Kier alpha value is -2.04. The van der Waals surface area contributed by atoms with Gasteiger partial charge in [-0.3, -0.25) is 4.79 Å². The number of ether oxygens (including phenoxy) is 1. The summed E-state index contributed by atoms with van der Waals surface area (Å²) in [6.45, 7) is 5.98. The molecule has 0 spiro atoms. The number of nitrogens with zero attached hydrogens (tertiary/aromatic N) is 1. The summed E-state index contributed by atoms with van der Waals surface area (Å²) >= 11 is 0. The summed E-state index contributed by atoms with van der Waals surface area (Å²) in [4.78, 5) is 25.1. The zero-order chi connectivity index (χ0) is 14.9. The lowest BCUT2D eigenvalue weighted by Gasteiger charge is -2.34. The van der Waals surface area contributed by atoms with Crippen LogP contribution in [0.25, 0.3) is 0 Å². The number of carboxylic acid groups (broad SMARTS) is 1. The molecule has 5 nitrogen and oxygen atoms in total. The summed E-state index contributed by atoms with van der Waals surface area (Å²) in [5, 5.41) is 9.13. The van der Waals surface area contributed by atoms with Crippen LogP contribution in [-0.4, -0.2) is 29.6 Å². The van der Waals surface area contributed by atoms with Gasteiger partial charge in [0.1, 0.15) is 5.75 Å². The maximum Gasteiger partial charge on any atom is 0.346 e. The van der Waals surface area contributed by atoms with Crippen LogP contribution in [0.2, 0.25) is 0 Å². The van der Waals surface area contributed by atoms with E-state index in [1.165, 1.54) is 4.90 Å². The number of carbonyl (C=O) groups excluding carboxylic acids is 1. The first-order chi connectivity index (χ1) is 9.28. The van der Waals surface area contributed by atoms with Crippen LogP contribution in [0.15, 0.2) is 24.3 Å². The number of carboxylic acids is 1. The van der Waals surface area contributed by atoms with Gasteiger partial charge in [-0.15, -0.1) is 0 Å². The minimum absolute atomic E-state index is 0.0429. The Kier molecular flexibility index (Phi) is 3.70. The van der Waals surface area contributed by atoms with Crippen molar-refractivity contribution in [1.82, 2.24) is 0 Å². The molecule has 0 saturated heterocycles. The van der Waals surface area contributed by atoms with Gasteiger partial charge >= 0.3 is 5.97 Å². The molecular formula is C15H19NO4. The Morgan fingerprint density at radius 1 is 1.35 bits per heavy atom. The monoisotopic (exact) mass is 277 g/mol. The van der Waals surface area contributed by atoms with Gasteiger partial charge in [0.2, 0.25) is 12.0 Å². The number of benzene rings is 1. The van der Waals surface area contributed by atoms with E-state index in [0.717, 1.165) is 0 Å². The summed E-state index contributed by atoms with van der Waals surface area (Å²) in [5.41, 5.74) is 0.488. The fourth-order valence-electron chi connectivity index (χ4n) is 2.15. The Morgan fingerprint density at radius 2 is 2.00 bits per heavy atom. The summed E-state index contributed by atoms with van der Waals surface area (Å²) in [5.74, 6) is -0.707. The summed E-state index contributed by atoms with van der Waals surface area (Å²) < 4.78 is 5.41. The van der Waals surface area contributed by atoms with Crippen LogP contribution in [-0.2, 0) is 9.59 Å². The fraction of sp³-hybridized carbons (Fsp3) is 0.467. The molecule has 1 atom stereocenters. The van der Waals surface area contributed by atoms with Crippen LogP contribution in [0, 0.1) is 5.41 Å². The van der Waals surface area contributed by atoms with Gasteiger partial charge in [0.15, 0.2) is 0 Å². The quantitative estimate of drug-likeness (QED) is 0.900. The third kappa shape index (κ3) is 3.10. The van der Waals surface area contributed by atoms with Crippen molar-refractivity contribution in [1.29, 1.82) is 0 Å². The van der Waals surface area contributed by atoms with E-state index in [1.54, 1.807) is 24.3 Å². The molecular weight excluding hydrogens is 258 g/mol. The number of hydrogen-bond donors (Lipinski definition) is 1. The van der Waals surface area contributed by atoms with Gasteiger partial charge in [0.25, 0.3) is 0 Å². The van der Waals surface area contributed by atoms with E-state index in [1.807, 2.05) is 20.8 Å². The lowest BCUT2D eigenvalue weighted by molar-refractivity contribution is -0.145. The molecule has 0 aromatic heterocycles. The zero-order valence-corrected chi connectivity index (χ0v) is 11.9. The van der Waals surface area contributed by atoms with E-state index in [-0.39, 0.29) is 17.9 Å². The standard InChI is InChI=1S/C15H19NO4/c1-15(2,3)8-13(17)16-9-12(14(18)19)20-11-7-5-4-6-10(11)16/h4-7,12H,8-9H2,1-3H3,(H,18,19). The minimum Gasteiger partial charge on any atom is -0.478 e. The van der Waals surface area contributed by atoms with Crippen LogP contribution in [0.1, 0.15) is 27.2 Å². The molecule has 1 aliphatic heterocycles. The van der Waals surface area contributed by atoms with Crippen molar-refractivity contribution in [3.05, 3.63) is 24.3 Å². The molecule has 1 aliphatic rings. The molecule has 1 heterocycles. The largest absolute Gasteiger partial charge is 0.478 e. The molecule has 1 aromatic rings. The molecule has 1 N–H and O–H groups in total. The number of fused-ring (bicyclic) bond motifs is 1. The molecule has 108 valence electrons. The lowest BCUT2D eigenvalue weighted by atomic mass is 9.91. The smallest absolute Gasteiger partial charge is 0.346 e. The number of anilines is 1. The van der Waals surface area contributed by atoms with Crippen LogP contribution >= 0.6 is 0 Å². The third-order valence-corrected chi connectivity index (χ3v) is 3.03. The number of hydrogen-bond acceptors (Lipinski definition) is 3. The molecule has 20 heavy (non-hydrogen) atoms. The number of rotatable bonds is 2. The molecule has 5 heteroatoms. The molecule has 2 rings (SSSR count). The average molecular weight is 277 g/mol. The van der Waals surface area contributed by atoms with E-state index in [4.69, 9.17) is 9.84 Å². The van der Waals surface area contributed by atoms with Gasteiger partial charge in [-0.1, -0.05) is 32.9 Å². The van der Waals surface area contributed by atoms with Gasteiger partial charge in [-0.25, -0.2) is 4.79 Å². The second kappa shape index (κ2) is 5.15. The molecule has 0 bridgehead atoms. The molecule has 1 amide bonds. The van der Waals surface area contributed by atoms with Crippen molar-refractivity contribution >= 4 is 17.6 Å². The van der Waals surface area contributed by atoms with Gasteiger partial charge in [-0.2, -0.15) is 0 Å². The first kappa shape index (κ1) is 14.4. The van der Waals surface area contributed by atoms with Crippen LogP contribution < -0.4 is 9.64 Å². The Labute approximate surface area is 118 Å². The summed E-state index contributed by atoms with van der Waals surface area (Å²) in [7, 11) is 0. The summed E-state index contributed by atoms with van der Waals surface area (Å²) in [6, 6.07) is 7.02. The second-order valence-corrected chi connectivity index (χ2v) is 6.15. The molecule has 0 aliphatic carbocycles. The van der Waals surface area contributed by atoms with E-state index in [0.29, 0.717) is 17.9 Å². The van der Waals surface area contributed by atoms with Crippen molar-refractivity contribution in [3.8, 4) is 5.75 Å². The highest BCUT2D eigenvalue weighted by Crippen LogP contribution is 2.34. The van der Waals surface area contributed by atoms with Crippen molar-refractivity contribution < 1.29 is 19.4 Å². The zero-order valence-electron chi connectivity index (χ0n) is 11.9. The van der Waals surface area contributed by atoms with Crippen LogP contribution in [0.4, 0.5) is 5.69 Å². The van der Waals surface area contributed by atoms with E-state index in [9.17, 15) is 9.59 Å². The van der Waals surface area contributed by atoms with E-state index in [2.05, 4.69) is 0 Å². The van der Waals surface area contributed by atoms with Gasteiger partial charge in [-0.05, 0) is 17.5 Å². The Balaban J connectivity index is 2.31. The highest BCUT2D eigenvalue weighted by Gasteiger charge is 2.34. The van der Waals surface area contributed by atoms with Gasteiger partial charge in [0, 0.05) is 6.42 Å². The second-order valence-electron chi connectivity index (χ2n) is 6.15. The van der Waals surface area contributed by atoms with Crippen molar-refractivity contribution in [2.24, 2.45) is 5.41 Å². The molecule has 1 unspecified atom stereocenters. The van der Waals surface area contributed by atoms with Crippen LogP contribution in [0.3, 0.4) is 0 Å². The van der Waals surface area contributed by atoms with Gasteiger partial charge in [0.05, 0.1) is 12.2 Å². The predicted octanol–water partition coefficient (Wildman–Crippen LogP) is 2.30. The van der Waals surface area contributed by atoms with Gasteiger partial charge < -0.3 is 14.7 Å². The number of aliphatic carboxylic acids is 1. The normalized spacial score (nSPS) is 18.1. The highest BCUT2D eigenvalue weighted by atomic mass is 16.5. The number of amides is 1. The fourth-order valence-corrected chi connectivity index (χ4v) is 2.15. The topological polar surface area (TPSA) is 66.8 Å². The van der Waals surface area contributed by atoms with E-state index >= 15 is 0 Å². The van der Waals surface area contributed by atoms with Crippen LogP contribution in [0.5, 0.6) is 5.75 Å². The highest BCUT2D eigenvalue weighted by molar-refractivity contribution is 5.96. The third-order valence-electron chi connectivity index (χ3n) is 3.03. The maximum absolute atomic E-state index is 12.4. The first-order valence-corrected chi connectivity index (χ1v) is 6.57. The lowest BCUT2D eigenvalue weighted by Crippen LogP contribution is -2.47. The predicted molar refractivity (Wildman–Crippen MR) is 74.9 cm³/mol. The molecule has 0 saturated carbocycles. The van der Waals surface area contributed by atoms with Crippen molar-refractivity contribution in [2.75, 3.05) is 11.4 Å². The number of para-hydroxylation sites is 2. The molecule has 0 fully saturated rings. The maximum atomic E-state index is 12.4. The van der Waals surface area contributed by atoms with Crippen molar-refractivity contribution in [3.63, 3.8) is 0 Å². The minimum atomic E-state index is -1.06. The van der Waals surface area contributed by atoms with E-state index < -0.39 is 12.1 Å². The number of carbonyl (C=O) groups is 2. The molecule has 0 radical (unpaired) electrons. The Bertz CT molecular complexity index is 533. The average Bonchev–Trinajstić information content (AvgIpc) is 2.35. The summed E-state index contributed by atoms with van der Waals surface area (Å²) in [6.07, 6.45) is -0.665. The SMILES string of the molecule is CC(C)(C)CC(=O)N1CC(C(=O)O)Oc2ccccc21.